The molecule has 2 heterocycles. The topological polar surface area (TPSA) is 69.0 Å². The number of halogens is 2. The van der Waals surface area contributed by atoms with Crippen LogP contribution in [0.4, 0.5) is 10.2 Å². The van der Waals surface area contributed by atoms with Gasteiger partial charge < -0.3 is 10.1 Å². The minimum absolute atomic E-state index is 0.00645. The van der Waals surface area contributed by atoms with Gasteiger partial charge in [0.05, 0.1) is 5.69 Å². The second-order valence-corrected chi connectivity index (χ2v) is 8.09. The number of nitrogens with one attached hydrogen (secondary N) is 1. The highest BCUT2D eigenvalue weighted by Crippen LogP contribution is 2.26. The molecule has 1 N–H and O–H groups in total. The summed E-state index contributed by atoms with van der Waals surface area (Å²) >= 11 is 3.18. The highest BCUT2D eigenvalue weighted by molar-refractivity contribution is 9.10. The van der Waals surface area contributed by atoms with Gasteiger partial charge in [-0.15, -0.1) is 0 Å². The maximum Gasteiger partial charge on any atom is 0.263 e. The molecular weight excluding hydrogens is 427 g/mol. The van der Waals surface area contributed by atoms with Crippen molar-refractivity contribution in [1.29, 1.82) is 0 Å². The van der Waals surface area contributed by atoms with Crippen molar-refractivity contribution >= 4 is 27.7 Å². The van der Waals surface area contributed by atoms with Gasteiger partial charge in [-0.3, -0.25) is 4.79 Å². The number of rotatable bonds is 5. The summed E-state index contributed by atoms with van der Waals surface area (Å²) in [6.07, 6.45) is 1.65. The van der Waals surface area contributed by atoms with Gasteiger partial charge in [-0.25, -0.2) is 9.37 Å². The molecule has 2 aromatic heterocycles. The summed E-state index contributed by atoms with van der Waals surface area (Å²) in [4.78, 5) is 16.7. The molecule has 28 heavy (non-hydrogen) atoms. The monoisotopic (exact) mass is 446 g/mol. The number of hydrogen-bond acceptors (Lipinski definition) is 4. The fourth-order valence-electron chi connectivity index (χ4n) is 2.40. The van der Waals surface area contributed by atoms with Crippen molar-refractivity contribution in [3.05, 3.63) is 64.6 Å². The van der Waals surface area contributed by atoms with Crippen LogP contribution in [0.5, 0.6) is 5.75 Å². The molecule has 0 aliphatic heterocycles. The van der Waals surface area contributed by atoms with Crippen LogP contribution >= 0.6 is 15.9 Å². The Morgan fingerprint density at radius 1 is 1.25 bits per heavy atom. The molecule has 0 atom stereocenters. The first-order chi connectivity index (χ1) is 13.2. The van der Waals surface area contributed by atoms with Gasteiger partial charge in [-0.1, -0.05) is 42.8 Å². The third-order valence-electron chi connectivity index (χ3n) is 3.86. The number of carbonyl (C=O) groups is 1. The van der Waals surface area contributed by atoms with Crippen molar-refractivity contribution in [2.45, 2.75) is 26.2 Å². The normalized spacial score (nSPS) is 11.3. The summed E-state index contributed by atoms with van der Waals surface area (Å²) < 4.78 is 21.3. The smallest absolute Gasteiger partial charge is 0.263 e. The van der Waals surface area contributed by atoms with Crippen LogP contribution in [0.25, 0.3) is 5.82 Å². The second-order valence-electron chi connectivity index (χ2n) is 7.18. The van der Waals surface area contributed by atoms with Crippen LogP contribution in [0.1, 0.15) is 26.5 Å². The van der Waals surface area contributed by atoms with Crippen LogP contribution in [0, 0.1) is 5.82 Å². The summed E-state index contributed by atoms with van der Waals surface area (Å²) in [6, 6.07) is 11.6. The maximum absolute atomic E-state index is 13.8. The molecule has 0 aliphatic carbocycles. The van der Waals surface area contributed by atoms with Crippen LogP contribution in [-0.2, 0) is 10.2 Å². The SMILES string of the molecule is CC(C)(C)c1cc(NC(=O)COc2ccc(Br)cc2F)n(-c2ccccn2)n1. The first-order valence-electron chi connectivity index (χ1n) is 8.64. The average Bonchev–Trinajstić information content (AvgIpc) is 3.06. The van der Waals surface area contributed by atoms with Crippen LogP contribution in [0.3, 0.4) is 0 Å². The van der Waals surface area contributed by atoms with E-state index in [4.69, 9.17) is 4.74 Å². The molecule has 3 rings (SSSR count). The van der Waals surface area contributed by atoms with Crippen LogP contribution < -0.4 is 10.1 Å². The molecule has 0 bridgehead atoms. The first kappa shape index (κ1) is 20.0. The van der Waals surface area contributed by atoms with Gasteiger partial charge in [0, 0.05) is 22.2 Å². The van der Waals surface area contributed by atoms with Gasteiger partial charge in [-0.05, 0) is 30.3 Å². The van der Waals surface area contributed by atoms with Crippen molar-refractivity contribution in [3.63, 3.8) is 0 Å². The lowest BCUT2D eigenvalue weighted by molar-refractivity contribution is -0.118. The minimum atomic E-state index is -0.546. The van der Waals surface area contributed by atoms with Crippen LogP contribution in [-0.4, -0.2) is 27.3 Å². The fourth-order valence-corrected chi connectivity index (χ4v) is 2.74. The van der Waals surface area contributed by atoms with Gasteiger partial charge in [0.1, 0.15) is 5.82 Å². The Morgan fingerprint density at radius 3 is 2.68 bits per heavy atom. The molecule has 1 amide bonds. The van der Waals surface area contributed by atoms with Crippen molar-refractivity contribution < 1.29 is 13.9 Å². The number of benzene rings is 1. The van der Waals surface area contributed by atoms with Gasteiger partial charge >= 0.3 is 0 Å². The lowest BCUT2D eigenvalue weighted by Gasteiger charge is -2.13. The first-order valence-corrected chi connectivity index (χ1v) is 9.43. The van der Waals surface area contributed by atoms with E-state index in [-0.39, 0.29) is 17.8 Å². The summed E-state index contributed by atoms with van der Waals surface area (Å²) in [6.45, 7) is 5.76. The molecule has 0 radical (unpaired) electrons. The number of hydrogen-bond donors (Lipinski definition) is 1. The van der Waals surface area contributed by atoms with E-state index in [1.54, 1.807) is 35.1 Å². The predicted molar refractivity (Wildman–Crippen MR) is 108 cm³/mol. The third-order valence-corrected chi connectivity index (χ3v) is 4.36. The number of ether oxygens (including phenoxy) is 1. The maximum atomic E-state index is 13.8. The van der Waals surface area contributed by atoms with Crippen molar-refractivity contribution in [3.8, 4) is 11.6 Å². The van der Waals surface area contributed by atoms with Crippen molar-refractivity contribution in [2.24, 2.45) is 0 Å². The summed E-state index contributed by atoms with van der Waals surface area (Å²) in [5, 5.41) is 7.35. The molecule has 3 aromatic rings. The highest BCUT2D eigenvalue weighted by Gasteiger charge is 2.22. The Bertz CT molecular complexity index is 984. The Hall–Kier alpha value is -2.74. The van der Waals surface area contributed by atoms with Gasteiger partial charge in [0.2, 0.25) is 0 Å². The van der Waals surface area contributed by atoms with E-state index in [2.05, 4.69) is 31.3 Å². The standard InChI is InChI=1S/C20H20BrFN4O2/c1-20(2,3)16-11-18(26(25-16)17-6-4-5-9-23-17)24-19(27)12-28-15-8-7-13(21)10-14(15)22/h4-11H,12H2,1-3H3,(H,24,27). The summed E-state index contributed by atoms with van der Waals surface area (Å²) in [5.74, 6) is 0.0734. The molecule has 6 nitrogen and oxygen atoms in total. The van der Waals surface area contributed by atoms with Gasteiger partial charge in [0.15, 0.2) is 24.0 Å². The molecule has 0 aliphatic rings. The summed E-state index contributed by atoms with van der Waals surface area (Å²) in [5.41, 5.74) is 0.588. The van der Waals surface area contributed by atoms with E-state index in [0.29, 0.717) is 16.1 Å². The molecule has 1 aromatic carbocycles. The number of pyridine rings is 1. The molecule has 146 valence electrons. The molecule has 0 spiro atoms. The van der Waals surface area contributed by atoms with E-state index in [9.17, 15) is 9.18 Å². The number of amides is 1. The second kappa shape index (κ2) is 8.10. The molecule has 8 heteroatoms. The van der Waals surface area contributed by atoms with Crippen molar-refractivity contribution in [1.82, 2.24) is 14.8 Å². The highest BCUT2D eigenvalue weighted by atomic mass is 79.9. The lowest BCUT2D eigenvalue weighted by atomic mass is 9.92. The predicted octanol–water partition coefficient (Wildman–Crippen LogP) is 4.48. The van der Waals surface area contributed by atoms with Gasteiger partial charge in [-0.2, -0.15) is 9.78 Å². The van der Waals surface area contributed by atoms with E-state index < -0.39 is 11.7 Å². The Kier molecular flexibility index (Phi) is 5.79. The largest absolute Gasteiger partial charge is 0.481 e. The number of aromatic nitrogens is 3. The number of carbonyl (C=O) groups excluding carboxylic acids is 1. The Morgan fingerprint density at radius 2 is 2.04 bits per heavy atom. The van der Waals surface area contributed by atoms with E-state index in [0.717, 1.165) is 5.69 Å². The van der Waals surface area contributed by atoms with Crippen LogP contribution in [0.2, 0.25) is 0 Å². The lowest BCUT2D eigenvalue weighted by Crippen LogP contribution is -2.22. The van der Waals surface area contributed by atoms with Gasteiger partial charge in [0.25, 0.3) is 5.91 Å². The zero-order valence-electron chi connectivity index (χ0n) is 15.7. The zero-order valence-corrected chi connectivity index (χ0v) is 17.3. The molecule has 0 fully saturated rings. The third kappa shape index (κ3) is 4.75. The molecule has 0 saturated carbocycles. The van der Waals surface area contributed by atoms with Crippen molar-refractivity contribution in [2.75, 3.05) is 11.9 Å². The average molecular weight is 447 g/mol. The Balaban J connectivity index is 1.78. The molecular formula is C20H20BrFN4O2. The summed E-state index contributed by atoms with van der Waals surface area (Å²) in [7, 11) is 0. The molecule has 0 saturated heterocycles. The minimum Gasteiger partial charge on any atom is -0.481 e. The van der Waals surface area contributed by atoms with E-state index in [1.165, 1.54) is 12.1 Å². The fraction of sp³-hybridized carbons (Fsp3) is 0.250. The zero-order chi connectivity index (χ0) is 20.3. The van der Waals surface area contributed by atoms with E-state index in [1.807, 2.05) is 26.8 Å². The molecule has 0 unspecified atom stereocenters. The van der Waals surface area contributed by atoms with E-state index >= 15 is 0 Å². The Labute approximate surface area is 170 Å². The van der Waals surface area contributed by atoms with Crippen LogP contribution in [0.15, 0.2) is 53.1 Å². The number of anilines is 1. The number of nitrogens with zero attached hydrogens (tertiary/aromatic N) is 3. The quantitative estimate of drug-likeness (QED) is 0.626.